The van der Waals surface area contributed by atoms with E-state index in [0.717, 1.165) is 69.3 Å². The van der Waals surface area contributed by atoms with Gasteiger partial charge in [-0.15, -0.1) is 0 Å². The third-order valence-corrected chi connectivity index (χ3v) is 10.0. The number of aromatic hydroxyl groups is 1. The van der Waals surface area contributed by atoms with Crippen molar-refractivity contribution in [3.8, 4) is 23.0 Å². The van der Waals surface area contributed by atoms with Crippen LogP contribution in [0.2, 0.25) is 0 Å². The van der Waals surface area contributed by atoms with Gasteiger partial charge in [0.25, 0.3) is 0 Å². The van der Waals surface area contributed by atoms with E-state index in [1.165, 1.54) is 0 Å². The van der Waals surface area contributed by atoms with E-state index in [0.29, 0.717) is 47.7 Å². The molecule has 2 unspecified atom stereocenters. The summed E-state index contributed by atoms with van der Waals surface area (Å²) in [6.45, 7) is 5.08. The molecule has 1 aliphatic carbocycles. The van der Waals surface area contributed by atoms with Gasteiger partial charge in [-0.1, -0.05) is 0 Å². The molecule has 5 fully saturated rings. The van der Waals surface area contributed by atoms with Crippen molar-refractivity contribution >= 4 is 16.7 Å². The van der Waals surface area contributed by atoms with Gasteiger partial charge in [0, 0.05) is 49.9 Å². The minimum atomic E-state index is -0.860. The van der Waals surface area contributed by atoms with Crippen molar-refractivity contribution in [1.29, 1.82) is 0 Å². The van der Waals surface area contributed by atoms with Crippen LogP contribution in [0.1, 0.15) is 62.0 Å². The van der Waals surface area contributed by atoms with E-state index < -0.39 is 12.0 Å². The second kappa shape index (κ2) is 9.46. The fourth-order valence-corrected chi connectivity index (χ4v) is 8.02. The summed E-state index contributed by atoms with van der Waals surface area (Å²) < 4.78 is 37.3. The number of rotatable bonds is 6. The first-order valence-corrected chi connectivity index (χ1v) is 15.1. The molecule has 0 radical (unpaired) electrons. The molecule has 1 saturated carbocycles. The summed E-state index contributed by atoms with van der Waals surface area (Å²) in [5.74, 6) is 0.533. The molecule has 2 aromatic heterocycles. The highest BCUT2D eigenvalue weighted by Crippen LogP contribution is 2.48. The predicted octanol–water partition coefficient (Wildman–Crippen LogP) is 4.62. The highest BCUT2D eigenvalue weighted by molar-refractivity contribution is 5.92. The van der Waals surface area contributed by atoms with Crippen LogP contribution in [0.25, 0.3) is 22.2 Å². The van der Waals surface area contributed by atoms with Gasteiger partial charge in [-0.2, -0.15) is 9.97 Å². The molecular weight excluding hydrogens is 526 g/mol. The molecule has 3 aromatic rings. The van der Waals surface area contributed by atoms with Gasteiger partial charge in [-0.05, 0) is 81.2 Å². The van der Waals surface area contributed by atoms with Crippen LogP contribution in [0.5, 0.6) is 11.8 Å². The molecule has 41 heavy (non-hydrogen) atoms. The molecule has 2 N–H and O–H groups in total. The Balaban J connectivity index is 1.23. The first-order chi connectivity index (χ1) is 19.9. The van der Waals surface area contributed by atoms with Gasteiger partial charge >= 0.3 is 6.01 Å². The van der Waals surface area contributed by atoms with Gasteiger partial charge in [-0.25, -0.2) is 8.78 Å². The number of halogens is 2. The Morgan fingerprint density at radius 3 is 2.71 bits per heavy atom. The number of aromatic nitrogens is 3. The number of hydrogen-bond acceptors (Lipinski definition) is 8. The zero-order valence-corrected chi connectivity index (χ0v) is 23.4. The maximum absolute atomic E-state index is 16.6. The van der Waals surface area contributed by atoms with Crippen molar-refractivity contribution in [2.45, 2.75) is 81.6 Å². The molecule has 216 valence electrons. The van der Waals surface area contributed by atoms with Crippen LogP contribution < -0.4 is 15.0 Å². The van der Waals surface area contributed by atoms with Crippen LogP contribution in [-0.2, 0) is 0 Å². The Bertz CT molecular complexity index is 1520. The molecule has 6 heterocycles. The van der Waals surface area contributed by atoms with Crippen molar-refractivity contribution in [3.05, 3.63) is 35.3 Å². The van der Waals surface area contributed by atoms with Crippen LogP contribution in [0.4, 0.5) is 14.6 Å². The van der Waals surface area contributed by atoms with Crippen LogP contribution >= 0.6 is 0 Å². The van der Waals surface area contributed by atoms with E-state index >= 15 is 4.39 Å². The maximum atomic E-state index is 16.6. The Hall–Kier alpha value is -3.11. The van der Waals surface area contributed by atoms with Gasteiger partial charge in [0.2, 0.25) is 0 Å². The summed E-state index contributed by atoms with van der Waals surface area (Å²) in [4.78, 5) is 18.5. The number of piperazine rings is 1. The van der Waals surface area contributed by atoms with Crippen molar-refractivity contribution in [3.63, 3.8) is 0 Å². The number of phenols is 1. The Labute approximate surface area is 238 Å². The molecule has 8 nitrogen and oxygen atoms in total. The van der Waals surface area contributed by atoms with Crippen LogP contribution in [0.15, 0.2) is 18.3 Å². The lowest BCUT2D eigenvalue weighted by Crippen LogP contribution is -2.51. The van der Waals surface area contributed by atoms with Crippen LogP contribution in [0, 0.1) is 12.7 Å². The largest absolute Gasteiger partial charge is 0.508 e. The Morgan fingerprint density at radius 2 is 1.93 bits per heavy atom. The average molecular weight is 563 g/mol. The SMILES string of the molecule is Cc1cc(O)cc(-c2ncc3c(N4CC5CCC(C4)N5)nc(OC[C@@]45CCCN4C[C@H](F)C5)nc3c2F)c1C1CC1. The zero-order chi connectivity index (χ0) is 27.9. The summed E-state index contributed by atoms with van der Waals surface area (Å²) >= 11 is 0. The number of aryl methyl sites for hydroxylation is 1. The van der Waals surface area contributed by atoms with Gasteiger partial charge < -0.3 is 20.1 Å². The van der Waals surface area contributed by atoms with E-state index in [-0.39, 0.29) is 35.1 Å². The van der Waals surface area contributed by atoms with E-state index in [4.69, 9.17) is 9.72 Å². The molecule has 4 atom stereocenters. The third-order valence-electron chi connectivity index (χ3n) is 10.0. The lowest BCUT2D eigenvalue weighted by molar-refractivity contribution is 0.107. The summed E-state index contributed by atoms with van der Waals surface area (Å²) in [6, 6.07) is 4.20. The normalized spacial score (nSPS) is 29.4. The van der Waals surface area contributed by atoms with Crippen molar-refractivity contribution in [1.82, 2.24) is 25.2 Å². The van der Waals surface area contributed by atoms with Crippen molar-refractivity contribution < 1.29 is 18.6 Å². The number of anilines is 1. The van der Waals surface area contributed by atoms with Crippen molar-refractivity contribution in [2.75, 3.05) is 37.7 Å². The average Bonchev–Trinajstić information content (AvgIpc) is 3.52. The van der Waals surface area contributed by atoms with Gasteiger partial charge in [-0.3, -0.25) is 9.88 Å². The first kappa shape index (κ1) is 25.6. The summed E-state index contributed by atoms with van der Waals surface area (Å²) in [7, 11) is 0. The number of benzene rings is 1. The fraction of sp³-hybridized carbons (Fsp3) is 0.581. The number of nitrogens with zero attached hydrogens (tertiary/aromatic N) is 5. The standard InChI is InChI=1S/C31H36F2N6O2/c1-17-9-22(40)10-23(25(17)18-3-4-18)27-26(33)28-24(12-34-27)29(38-14-20-5-6-21(15-38)35-20)37-30(36-28)41-16-31-7-2-8-39(31)13-19(32)11-31/h9-10,12,18-21,35,40H,2-8,11,13-16H2,1H3/t19-,20?,21?,31+/m1/s1. The minimum absolute atomic E-state index is 0.0926. The summed E-state index contributed by atoms with van der Waals surface area (Å²) in [6.07, 6.45) is 7.44. The first-order valence-electron chi connectivity index (χ1n) is 15.1. The van der Waals surface area contributed by atoms with E-state index in [9.17, 15) is 9.50 Å². The monoisotopic (exact) mass is 562 g/mol. The van der Waals surface area contributed by atoms with Crippen LogP contribution in [-0.4, -0.2) is 81.5 Å². The molecule has 2 bridgehead atoms. The fourth-order valence-electron chi connectivity index (χ4n) is 8.02. The molecule has 0 spiro atoms. The number of ether oxygens (including phenoxy) is 1. The van der Waals surface area contributed by atoms with Gasteiger partial charge in [0.05, 0.1) is 10.9 Å². The lowest BCUT2D eigenvalue weighted by atomic mass is 9.94. The van der Waals surface area contributed by atoms with E-state index in [2.05, 4.69) is 25.1 Å². The lowest BCUT2D eigenvalue weighted by Gasteiger charge is -2.34. The molecule has 1 aromatic carbocycles. The second-order valence-electron chi connectivity index (χ2n) is 12.9. The quantitative estimate of drug-likeness (QED) is 0.450. The topological polar surface area (TPSA) is 86.6 Å². The number of alkyl halides is 1. The number of nitrogens with one attached hydrogen (secondary N) is 1. The zero-order valence-electron chi connectivity index (χ0n) is 23.4. The second-order valence-corrected chi connectivity index (χ2v) is 12.9. The third kappa shape index (κ3) is 4.33. The van der Waals surface area contributed by atoms with Gasteiger partial charge in [0.15, 0.2) is 5.82 Å². The van der Waals surface area contributed by atoms with E-state index in [1.807, 2.05) is 6.92 Å². The maximum Gasteiger partial charge on any atom is 0.319 e. The number of hydrogen-bond donors (Lipinski definition) is 2. The molecule has 10 heteroatoms. The molecular formula is C31H36F2N6O2. The van der Waals surface area contributed by atoms with Crippen molar-refractivity contribution in [2.24, 2.45) is 0 Å². The smallest absolute Gasteiger partial charge is 0.319 e. The molecule has 4 saturated heterocycles. The molecule has 4 aliphatic heterocycles. The highest BCUT2D eigenvalue weighted by atomic mass is 19.1. The molecule has 8 rings (SSSR count). The summed E-state index contributed by atoms with van der Waals surface area (Å²) in [5, 5.41) is 14.6. The van der Waals surface area contributed by atoms with E-state index in [1.54, 1.807) is 18.3 Å². The molecule has 0 amide bonds. The minimum Gasteiger partial charge on any atom is -0.508 e. The summed E-state index contributed by atoms with van der Waals surface area (Å²) in [5.41, 5.74) is 2.60. The molecule has 5 aliphatic rings. The van der Waals surface area contributed by atoms with Gasteiger partial charge in [0.1, 0.15) is 35.6 Å². The predicted molar refractivity (Wildman–Crippen MR) is 152 cm³/mol. The number of phenolic OH excluding ortho intramolecular Hbond substituents is 1. The highest BCUT2D eigenvalue weighted by Gasteiger charge is 2.49. The number of pyridine rings is 1. The van der Waals surface area contributed by atoms with Crippen LogP contribution in [0.3, 0.4) is 0 Å². The Morgan fingerprint density at radius 1 is 1.12 bits per heavy atom. The number of fused-ring (bicyclic) bond motifs is 4. The Kier molecular flexibility index (Phi) is 5.90.